The molecule has 122 valence electrons. The van der Waals surface area contributed by atoms with E-state index in [-0.39, 0.29) is 5.92 Å². The third-order valence-corrected chi connectivity index (χ3v) is 6.13. The number of rotatable bonds is 2. The first kappa shape index (κ1) is 14.2. The van der Waals surface area contributed by atoms with Crippen LogP contribution in [0.4, 0.5) is 0 Å². The molecule has 2 fully saturated rings. The molecule has 2 aliphatic rings. The number of benzene rings is 2. The van der Waals surface area contributed by atoms with E-state index in [1.807, 2.05) is 36.4 Å². The van der Waals surface area contributed by atoms with E-state index in [0.29, 0.717) is 17.9 Å². The normalized spacial score (nSPS) is 27.1. The Morgan fingerprint density at radius 2 is 1.71 bits per heavy atom. The van der Waals surface area contributed by atoms with Gasteiger partial charge in [0.25, 0.3) is 0 Å². The minimum Gasteiger partial charge on any atom is -0.456 e. The highest BCUT2D eigenvalue weighted by Crippen LogP contribution is 2.39. The molecule has 3 heterocycles. The minimum absolute atomic E-state index is 0.175. The number of nitrogens with zero attached hydrogens (tertiary/aromatic N) is 1. The Hall–Kier alpha value is -2.13. The molecule has 2 aromatic carbocycles. The van der Waals surface area contributed by atoms with Gasteiger partial charge in [0.1, 0.15) is 11.2 Å². The molecule has 3 nitrogen and oxygen atoms in total. The number of hydrogen-bond acceptors (Lipinski definition) is 3. The average molecular weight is 319 g/mol. The number of carbonyl (C=O) groups is 1. The van der Waals surface area contributed by atoms with Gasteiger partial charge in [-0.25, -0.2) is 0 Å². The fourth-order valence-corrected chi connectivity index (χ4v) is 4.74. The quantitative estimate of drug-likeness (QED) is 0.645. The monoisotopic (exact) mass is 319 g/mol. The summed E-state index contributed by atoms with van der Waals surface area (Å²) >= 11 is 0. The van der Waals surface area contributed by atoms with E-state index in [4.69, 9.17) is 4.42 Å². The highest BCUT2D eigenvalue weighted by Gasteiger charge is 2.40. The van der Waals surface area contributed by atoms with E-state index >= 15 is 0 Å². The second-order valence-electron chi connectivity index (χ2n) is 7.39. The molecule has 0 amide bonds. The van der Waals surface area contributed by atoms with Crippen LogP contribution < -0.4 is 0 Å². The van der Waals surface area contributed by atoms with Gasteiger partial charge in [-0.05, 0) is 57.0 Å². The Balaban J connectivity index is 1.52. The summed E-state index contributed by atoms with van der Waals surface area (Å²) in [6.45, 7) is 0. The van der Waals surface area contributed by atoms with E-state index < -0.39 is 0 Å². The van der Waals surface area contributed by atoms with Crippen LogP contribution in [0.5, 0.6) is 0 Å². The molecule has 5 rings (SSSR count). The molecule has 0 N–H and O–H groups in total. The highest BCUT2D eigenvalue weighted by atomic mass is 16.3. The lowest BCUT2D eigenvalue weighted by Crippen LogP contribution is -2.42. The van der Waals surface area contributed by atoms with Crippen molar-refractivity contribution in [1.29, 1.82) is 0 Å². The number of hydrogen-bond donors (Lipinski definition) is 0. The Morgan fingerprint density at radius 1 is 1.00 bits per heavy atom. The number of Topliss-reactive ketones (excluding diaryl/α,β-unsaturated/α-hetero) is 1. The van der Waals surface area contributed by atoms with Gasteiger partial charge in [-0.3, -0.25) is 4.79 Å². The summed E-state index contributed by atoms with van der Waals surface area (Å²) in [5.41, 5.74) is 2.58. The minimum atomic E-state index is 0.175. The van der Waals surface area contributed by atoms with Crippen molar-refractivity contribution in [3.05, 3.63) is 48.0 Å². The molecule has 2 aliphatic heterocycles. The van der Waals surface area contributed by atoms with E-state index in [9.17, 15) is 4.79 Å². The van der Waals surface area contributed by atoms with E-state index in [1.165, 1.54) is 12.8 Å². The van der Waals surface area contributed by atoms with E-state index in [2.05, 4.69) is 18.0 Å². The SMILES string of the molecule is CN1C2CCC1CC(C(=O)c1ccc3oc4ccccc4c3c1)C2. The fourth-order valence-electron chi connectivity index (χ4n) is 4.74. The smallest absolute Gasteiger partial charge is 0.166 e. The number of furan rings is 1. The van der Waals surface area contributed by atoms with E-state index in [0.717, 1.165) is 40.3 Å². The van der Waals surface area contributed by atoms with Crippen molar-refractivity contribution in [3.8, 4) is 0 Å². The zero-order valence-corrected chi connectivity index (χ0v) is 13.9. The third kappa shape index (κ3) is 2.04. The highest BCUT2D eigenvalue weighted by molar-refractivity contribution is 6.08. The molecular formula is C21H21NO2. The van der Waals surface area contributed by atoms with Crippen LogP contribution in [0.15, 0.2) is 46.9 Å². The molecule has 2 saturated heterocycles. The van der Waals surface area contributed by atoms with Crippen molar-refractivity contribution in [3.63, 3.8) is 0 Å². The molecule has 3 heteroatoms. The van der Waals surface area contributed by atoms with Gasteiger partial charge >= 0.3 is 0 Å². The van der Waals surface area contributed by atoms with Gasteiger partial charge in [-0.15, -0.1) is 0 Å². The standard InChI is InChI=1S/C21H21NO2/c1-22-15-7-8-16(22)11-14(10-15)21(23)13-6-9-20-18(12-13)17-4-2-3-5-19(17)24-20/h2-6,9,12,14-16H,7-8,10-11H2,1H3. The van der Waals surface area contributed by atoms with Crippen molar-refractivity contribution >= 4 is 27.7 Å². The average Bonchev–Trinajstić information content (AvgIpc) is 3.05. The molecule has 0 radical (unpaired) electrons. The lowest BCUT2D eigenvalue weighted by Gasteiger charge is -2.35. The van der Waals surface area contributed by atoms with Crippen molar-refractivity contribution in [2.45, 2.75) is 37.8 Å². The van der Waals surface area contributed by atoms with Crippen LogP contribution in [0, 0.1) is 5.92 Å². The number of ketones is 1. The summed E-state index contributed by atoms with van der Waals surface area (Å²) in [4.78, 5) is 15.6. The maximum absolute atomic E-state index is 13.1. The molecule has 2 unspecified atom stereocenters. The van der Waals surface area contributed by atoms with E-state index in [1.54, 1.807) is 0 Å². The van der Waals surface area contributed by atoms with Crippen LogP contribution >= 0.6 is 0 Å². The summed E-state index contributed by atoms with van der Waals surface area (Å²) in [6.07, 6.45) is 4.51. The first-order valence-electron chi connectivity index (χ1n) is 8.88. The van der Waals surface area contributed by atoms with Gasteiger partial charge < -0.3 is 9.32 Å². The lowest BCUT2D eigenvalue weighted by atomic mass is 9.85. The second-order valence-corrected chi connectivity index (χ2v) is 7.39. The summed E-state index contributed by atoms with van der Waals surface area (Å²) in [5, 5.41) is 2.14. The number of para-hydroxylation sites is 1. The van der Waals surface area contributed by atoms with Gasteiger partial charge in [-0.1, -0.05) is 18.2 Å². The molecule has 0 spiro atoms. The second kappa shape index (κ2) is 5.18. The van der Waals surface area contributed by atoms with Crippen LogP contribution in [0.25, 0.3) is 21.9 Å². The fraction of sp³-hybridized carbons (Fsp3) is 0.381. The van der Waals surface area contributed by atoms with Crippen molar-refractivity contribution in [2.75, 3.05) is 7.05 Å². The number of carbonyl (C=O) groups excluding carboxylic acids is 1. The number of piperidine rings is 1. The largest absolute Gasteiger partial charge is 0.456 e. The van der Waals surface area contributed by atoms with Crippen LogP contribution in [0.2, 0.25) is 0 Å². The molecular weight excluding hydrogens is 298 g/mol. The molecule has 0 saturated carbocycles. The molecule has 0 aliphatic carbocycles. The summed E-state index contributed by atoms with van der Waals surface area (Å²) in [5.74, 6) is 0.487. The Morgan fingerprint density at radius 3 is 2.50 bits per heavy atom. The van der Waals surface area contributed by atoms with Gasteiger partial charge in [0.05, 0.1) is 0 Å². The van der Waals surface area contributed by atoms with Crippen molar-refractivity contribution in [2.24, 2.45) is 5.92 Å². The Labute approximate surface area is 141 Å². The Kier molecular flexibility index (Phi) is 3.07. The van der Waals surface area contributed by atoms with Crippen LogP contribution in [0.3, 0.4) is 0 Å². The summed E-state index contributed by atoms with van der Waals surface area (Å²) in [6, 6.07) is 15.1. The maximum atomic E-state index is 13.1. The van der Waals surface area contributed by atoms with Crippen molar-refractivity contribution in [1.82, 2.24) is 4.90 Å². The molecule has 24 heavy (non-hydrogen) atoms. The summed E-state index contributed by atoms with van der Waals surface area (Å²) < 4.78 is 5.87. The predicted molar refractivity (Wildman–Crippen MR) is 95.3 cm³/mol. The summed E-state index contributed by atoms with van der Waals surface area (Å²) in [7, 11) is 2.21. The van der Waals surface area contributed by atoms with Gasteiger partial charge in [0.15, 0.2) is 5.78 Å². The third-order valence-electron chi connectivity index (χ3n) is 6.13. The van der Waals surface area contributed by atoms with Gasteiger partial charge in [0, 0.05) is 34.3 Å². The first-order chi connectivity index (χ1) is 11.7. The topological polar surface area (TPSA) is 33.5 Å². The molecule has 2 bridgehead atoms. The first-order valence-corrected chi connectivity index (χ1v) is 8.88. The zero-order chi connectivity index (χ0) is 16.3. The van der Waals surface area contributed by atoms with Gasteiger partial charge in [-0.2, -0.15) is 0 Å². The van der Waals surface area contributed by atoms with Crippen LogP contribution in [-0.4, -0.2) is 29.8 Å². The molecule has 1 aromatic heterocycles. The number of fused-ring (bicyclic) bond motifs is 5. The molecule has 3 aromatic rings. The molecule has 2 atom stereocenters. The predicted octanol–water partition coefficient (Wildman–Crippen LogP) is 4.64. The maximum Gasteiger partial charge on any atom is 0.166 e. The Bertz CT molecular complexity index is 927. The zero-order valence-electron chi connectivity index (χ0n) is 13.9. The van der Waals surface area contributed by atoms with Crippen LogP contribution in [0.1, 0.15) is 36.0 Å². The van der Waals surface area contributed by atoms with Crippen molar-refractivity contribution < 1.29 is 9.21 Å². The lowest BCUT2D eigenvalue weighted by molar-refractivity contribution is 0.0767. The van der Waals surface area contributed by atoms with Gasteiger partial charge in [0.2, 0.25) is 0 Å². The van der Waals surface area contributed by atoms with Crippen LogP contribution in [-0.2, 0) is 0 Å².